The standard InChI is InChI=1S/C9H9N5O/c10-6-5-11-3-1-7(6)13-9(15)8-2-4-12-14-8/h1-5H,10H2,(H,12,14)(H,11,13,15). The third kappa shape index (κ3) is 1.93. The predicted octanol–water partition coefficient (Wildman–Crippen LogP) is 0.639. The van der Waals surface area contributed by atoms with Crippen molar-refractivity contribution in [2.75, 3.05) is 11.1 Å². The summed E-state index contributed by atoms with van der Waals surface area (Å²) in [5.74, 6) is -0.287. The molecule has 0 bridgehead atoms. The maximum Gasteiger partial charge on any atom is 0.273 e. The zero-order valence-corrected chi connectivity index (χ0v) is 7.77. The van der Waals surface area contributed by atoms with Gasteiger partial charge >= 0.3 is 0 Å². The number of aromatic amines is 1. The van der Waals surface area contributed by atoms with Crippen molar-refractivity contribution >= 4 is 17.3 Å². The Labute approximate surface area is 85.5 Å². The second-order valence-electron chi connectivity index (χ2n) is 2.89. The number of rotatable bonds is 2. The molecule has 0 atom stereocenters. The Hall–Kier alpha value is -2.37. The Balaban J connectivity index is 2.17. The average molecular weight is 203 g/mol. The van der Waals surface area contributed by atoms with Crippen LogP contribution in [0.4, 0.5) is 11.4 Å². The van der Waals surface area contributed by atoms with E-state index >= 15 is 0 Å². The van der Waals surface area contributed by atoms with E-state index in [9.17, 15) is 4.79 Å². The van der Waals surface area contributed by atoms with Crippen molar-refractivity contribution in [2.45, 2.75) is 0 Å². The predicted molar refractivity (Wildman–Crippen MR) is 55.2 cm³/mol. The van der Waals surface area contributed by atoms with Crippen LogP contribution in [0.3, 0.4) is 0 Å². The van der Waals surface area contributed by atoms with E-state index in [1.807, 2.05) is 0 Å². The number of hydrogen-bond acceptors (Lipinski definition) is 4. The molecule has 4 N–H and O–H groups in total. The topological polar surface area (TPSA) is 96.7 Å². The molecular weight excluding hydrogens is 194 g/mol. The Morgan fingerprint density at radius 1 is 1.40 bits per heavy atom. The maximum atomic E-state index is 11.6. The SMILES string of the molecule is Nc1cnccc1NC(=O)c1ccn[nH]1. The number of amides is 1. The molecule has 0 radical (unpaired) electrons. The largest absolute Gasteiger partial charge is 0.396 e. The number of nitrogens with two attached hydrogens (primary N) is 1. The van der Waals surface area contributed by atoms with Crippen molar-refractivity contribution in [1.82, 2.24) is 15.2 Å². The van der Waals surface area contributed by atoms with E-state index in [4.69, 9.17) is 5.73 Å². The lowest BCUT2D eigenvalue weighted by atomic mass is 10.3. The molecule has 15 heavy (non-hydrogen) atoms. The number of nitrogens with one attached hydrogen (secondary N) is 2. The third-order valence-corrected chi connectivity index (χ3v) is 1.85. The van der Waals surface area contributed by atoms with Crippen molar-refractivity contribution in [3.63, 3.8) is 0 Å². The number of nitrogens with zero attached hydrogens (tertiary/aromatic N) is 2. The molecule has 0 saturated carbocycles. The van der Waals surface area contributed by atoms with Gasteiger partial charge in [0, 0.05) is 12.4 Å². The minimum Gasteiger partial charge on any atom is -0.396 e. The van der Waals surface area contributed by atoms with Crippen molar-refractivity contribution in [3.8, 4) is 0 Å². The molecule has 76 valence electrons. The van der Waals surface area contributed by atoms with E-state index in [0.717, 1.165) is 0 Å². The molecule has 0 fully saturated rings. The summed E-state index contributed by atoms with van der Waals surface area (Å²) in [6.45, 7) is 0. The van der Waals surface area contributed by atoms with Crippen LogP contribution in [0.25, 0.3) is 0 Å². The minimum atomic E-state index is -0.287. The molecule has 0 aliphatic carbocycles. The van der Waals surface area contributed by atoms with Crippen LogP contribution < -0.4 is 11.1 Å². The molecule has 6 heteroatoms. The average Bonchev–Trinajstić information content (AvgIpc) is 2.74. The number of hydrogen-bond donors (Lipinski definition) is 3. The van der Waals surface area contributed by atoms with E-state index in [-0.39, 0.29) is 5.91 Å². The highest BCUT2D eigenvalue weighted by Gasteiger charge is 2.08. The molecule has 0 aliphatic heterocycles. The smallest absolute Gasteiger partial charge is 0.273 e. The molecule has 1 amide bonds. The van der Waals surface area contributed by atoms with Crippen LogP contribution in [0.5, 0.6) is 0 Å². The monoisotopic (exact) mass is 203 g/mol. The molecule has 0 aliphatic rings. The third-order valence-electron chi connectivity index (χ3n) is 1.85. The Bertz CT molecular complexity index is 465. The summed E-state index contributed by atoms with van der Waals surface area (Å²) in [5.41, 5.74) is 6.95. The Kier molecular flexibility index (Phi) is 2.32. The molecule has 0 unspecified atom stereocenters. The van der Waals surface area contributed by atoms with Crippen LogP contribution in [-0.2, 0) is 0 Å². The minimum absolute atomic E-state index is 0.287. The zero-order chi connectivity index (χ0) is 10.7. The quantitative estimate of drug-likeness (QED) is 0.667. The molecule has 2 rings (SSSR count). The number of pyridine rings is 1. The molecule has 0 aromatic carbocycles. The fourth-order valence-electron chi connectivity index (χ4n) is 1.09. The first-order valence-electron chi connectivity index (χ1n) is 4.27. The number of aromatic nitrogens is 3. The highest BCUT2D eigenvalue weighted by atomic mass is 16.1. The van der Waals surface area contributed by atoms with Crippen LogP contribution in [0, 0.1) is 0 Å². The van der Waals surface area contributed by atoms with Gasteiger partial charge in [-0.25, -0.2) is 0 Å². The summed E-state index contributed by atoms with van der Waals surface area (Å²) in [5, 5.41) is 8.87. The lowest BCUT2D eigenvalue weighted by Crippen LogP contribution is -2.13. The van der Waals surface area contributed by atoms with E-state index in [0.29, 0.717) is 17.1 Å². The van der Waals surface area contributed by atoms with Crippen LogP contribution in [0.15, 0.2) is 30.7 Å². The van der Waals surface area contributed by atoms with Crippen molar-refractivity contribution in [1.29, 1.82) is 0 Å². The number of H-pyrrole nitrogens is 1. The van der Waals surface area contributed by atoms with E-state index < -0.39 is 0 Å². The number of anilines is 2. The van der Waals surface area contributed by atoms with Crippen molar-refractivity contribution in [3.05, 3.63) is 36.4 Å². The molecule has 0 saturated heterocycles. The normalized spacial score (nSPS) is 9.87. The molecule has 0 spiro atoms. The van der Waals surface area contributed by atoms with Gasteiger partial charge in [-0.3, -0.25) is 14.9 Å². The van der Waals surface area contributed by atoms with E-state index in [2.05, 4.69) is 20.5 Å². The van der Waals surface area contributed by atoms with Gasteiger partial charge in [-0.2, -0.15) is 5.10 Å². The summed E-state index contributed by atoms with van der Waals surface area (Å²) < 4.78 is 0. The summed E-state index contributed by atoms with van der Waals surface area (Å²) in [6, 6.07) is 3.20. The molecule has 2 aromatic heterocycles. The summed E-state index contributed by atoms with van der Waals surface area (Å²) in [7, 11) is 0. The first-order chi connectivity index (χ1) is 7.27. The highest BCUT2D eigenvalue weighted by Crippen LogP contribution is 2.15. The Morgan fingerprint density at radius 3 is 2.93 bits per heavy atom. The van der Waals surface area contributed by atoms with Gasteiger partial charge < -0.3 is 11.1 Å². The van der Waals surface area contributed by atoms with Gasteiger partial charge in [0.15, 0.2) is 0 Å². The van der Waals surface area contributed by atoms with Gasteiger partial charge in [0.25, 0.3) is 5.91 Å². The van der Waals surface area contributed by atoms with Gasteiger partial charge in [0.05, 0.1) is 17.6 Å². The van der Waals surface area contributed by atoms with E-state index in [1.165, 1.54) is 12.4 Å². The second kappa shape index (κ2) is 3.79. The summed E-state index contributed by atoms with van der Waals surface area (Å²) >= 11 is 0. The maximum absolute atomic E-state index is 11.6. The summed E-state index contributed by atoms with van der Waals surface area (Å²) in [6.07, 6.45) is 4.53. The zero-order valence-electron chi connectivity index (χ0n) is 7.77. The first kappa shape index (κ1) is 9.20. The number of carbonyl (C=O) groups is 1. The van der Waals surface area contributed by atoms with Gasteiger partial charge in [-0.1, -0.05) is 0 Å². The van der Waals surface area contributed by atoms with Gasteiger partial charge in [-0.05, 0) is 12.1 Å². The first-order valence-corrected chi connectivity index (χ1v) is 4.27. The summed E-state index contributed by atoms with van der Waals surface area (Å²) in [4.78, 5) is 15.4. The fraction of sp³-hybridized carbons (Fsp3) is 0. The molecule has 6 nitrogen and oxygen atoms in total. The molecular formula is C9H9N5O. The van der Waals surface area contributed by atoms with Gasteiger partial charge in [-0.15, -0.1) is 0 Å². The number of carbonyl (C=O) groups excluding carboxylic acids is 1. The van der Waals surface area contributed by atoms with Gasteiger partial charge in [0.2, 0.25) is 0 Å². The number of nitrogen functional groups attached to an aromatic ring is 1. The van der Waals surface area contributed by atoms with Crippen LogP contribution in [0.1, 0.15) is 10.5 Å². The van der Waals surface area contributed by atoms with E-state index in [1.54, 1.807) is 18.3 Å². The fourth-order valence-corrected chi connectivity index (χ4v) is 1.09. The molecule has 2 aromatic rings. The second-order valence-corrected chi connectivity index (χ2v) is 2.89. The van der Waals surface area contributed by atoms with Gasteiger partial charge in [0.1, 0.15) is 5.69 Å². The van der Waals surface area contributed by atoms with Crippen LogP contribution in [0.2, 0.25) is 0 Å². The van der Waals surface area contributed by atoms with Crippen molar-refractivity contribution in [2.24, 2.45) is 0 Å². The van der Waals surface area contributed by atoms with Crippen molar-refractivity contribution < 1.29 is 4.79 Å². The van der Waals surface area contributed by atoms with Crippen LogP contribution in [-0.4, -0.2) is 21.1 Å². The molecule has 2 heterocycles. The highest BCUT2D eigenvalue weighted by molar-refractivity contribution is 6.04. The Morgan fingerprint density at radius 2 is 2.27 bits per heavy atom. The lowest BCUT2D eigenvalue weighted by Gasteiger charge is -2.05. The van der Waals surface area contributed by atoms with Crippen LogP contribution >= 0.6 is 0 Å². The lowest BCUT2D eigenvalue weighted by molar-refractivity contribution is 0.102.